The number of allylic oxidation sites excluding steroid dienone is 4. The summed E-state index contributed by atoms with van der Waals surface area (Å²) in [6.45, 7) is 6.98. The standard InChI is InChI=1S/C20H22O4/c1-12-6-8-14(9-7-12)10-11-15(21)16-17(22)13(2)19(24-5)20(3,4)18(16)23/h6-11,22H,1-5H3/b11-10+. The molecule has 126 valence electrons. The van der Waals surface area contributed by atoms with Crippen molar-refractivity contribution >= 4 is 17.6 Å². The zero-order valence-corrected chi connectivity index (χ0v) is 14.6. The van der Waals surface area contributed by atoms with Crippen molar-refractivity contribution in [2.45, 2.75) is 27.7 Å². The van der Waals surface area contributed by atoms with Gasteiger partial charge in [0.15, 0.2) is 11.6 Å². The molecule has 4 nitrogen and oxygen atoms in total. The number of aryl methyl sites for hydroxylation is 1. The van der Waals surface area contributed by atoms with Crippen LogP contribution in [0.2, 0.25) is 0 Å². The molecule has 1 aromatic carbocycles. The second kappa shape index (κ2) is 6.48. The Bertz CT molecular complexity index is 774. The minimum Gasteiger partial charge on any atom is -0.507 e. The van der Waals surface area contributed by atoms with Gasteiger partial charge in [0.25, 0.3) is 0 Å². The first kappa shape index (κ1) is 17.7. The van der Waals surface area contributed by atoms with E-state index in [1.165, 1.54) is 13.2 Å². The molecule has 0 radical (unpaired) electrons. The molecule has 0 fully saturated rings. The van der Waals surface area contributed by atoms with Gasteiger partial charge in [0.1, 0.15) is 17.1 Å². The molecule has 0 spiro atoms. The number of benzene rings is 1. The van der Waals surface area contributed by atoms with Crippen LogP contribution in [0.15, 0.2) is 53.0 Å². The van der Waals surface area contributed by atoms with Crippen molar-refractivity contribution in [2.75, 3.05) is 7.11 Å². The smallest absolute Gasteiger partial charge is 0.193 e. The van der Waals surface area contributed by atoms with E-state index in [0.717, 1.165) is 11.1 Å². The highest BCUT2D eigenvalue weighted by atomic mass is 16.5. The molecule has 0 saturated heterocycles. The van der Waals surface area contributed by atoms with Crippen molar-refractivity contribution in [3.63, 3.8) is 0 Å². The summed E-state index contributed by atoms with van der Waals surface area (Å²) in [7, 11) is 1.45. The van der Waals surface area contributed by atoms with Gasteiger partial charge in [-0.2, -0.15) is 0 Å². The topological polar surface area (TPSA) is 63.6 Å². The van der Waals surface area contributed by atoms with Gasteiger partial charge in [-0.15, -0.1) is 0 Å². The molecule has 1 aliphatic carbocycles. The summed E-state index contributed by atoms with van der Waals surface area (Å²) in [6, 6.07) is 7.64. The van der Waals surface area contributed by atoms with Gasteiger partial charge in [0.2, 0.25) is 0 Å². The molecule has 0 heterocycles. The second-order valence-corrected chi connectivity index (χ2v) is 6.44. The number of hydrogen-bond acceptors (Lipinski definition) is 4. The van der Waals surface area contributed by atoms with E-state index in [-0.39, 0.29) is 11.3 Å². The summed E-state index contributed by atoms with van der Waals surface area (Å²) >= 11 is 0. The summed E-state index contributed by atoms with van der Waals surface area (Å²) in [4.78, 5) is 25.2. The highest BCUT2D eigenvalue weighted by Gasteiger charge is 2.44. The fraction of sp³-hybridized carbons (Fsp3) is 0.300. The van der Waals surface area contributed by atoms with Crippen LogP contribution in [0.25, 0.3) is 6.08 Å². The number of carbonyl (C=O) groups is 2. The molecule has 0 saturated carbocycles. The normalized spacial score (nSPS) is 17.6. The third kappa shape index (κ3) is 3.04. The maximum absolute atomic E-state index is 12.7. The molecular formula is C20H22O4. The lowest BCUT2D eigenvalue weighted by molar-refractivity contribution is -0.126. The van der Waals surface area contributed by atoms with E-state index in [1.807, 2.05) is 31.2 Å². The van der Waals surface area contributed by atoms with Crippen LogP contribution in [0.3, 0.4) is 0 Å². The van der Waals surface area contributed by atoms with E-state index in [0.29, 0.717) is 11.3 Å². The maximum atomic E-state index is 12.7. The van der Waals surface area contributed by atoms with Crippen LogP contribution >= 0.6 is 0 Å². The average Bonchev–Trinajstić information content (AvgIpc) is 2.53. The van der Waals surface area contributed by atoms with Crippen molar-refractivity contribution < 1.29 is 19.4 Å². The summed E-state index contributed by atoms with van der Waals surface area (Å²) in [5.74, 6) is -0.888. The van der Waals surface area contributed by atoms with Crippen LogP contribution in [0.5, 0.6) is 0 Å². The Hall–Kier alpha value is -2.62. The lowest BCUT2D eigenvalue weighted by Crippen LogP contribution is -2.36. The Kier molecular flexibility index (Phi) is 4.78. The van der Waals surface area contributed by atoms with Crippen molar-refractivity contribution in [3.05, 3.63) is 64.1 Å². The quantitative estimate of drug-likeness (QED) is 0.673. The molecule has 0 amide bonds. The average molecular weight is 326 g/mol. The summed E-state index contributed by atoms with van der Waals surface area (Å²) in [5, 5.41) is 10.3. The molecular weight excluding hydrogens is 304 g/mol. The van der Waals surface area contributed by atoms with Crippen LogP contribution in [-0.2, 0) is 14.3 Å². The first-order chi connectivity index (χ1) is 11.2. The Morgan fingerprint density at radius 3 is 2.29 bits per heavy atom. The predicted octanol–water partition coefficient (Wildman–Crippen LogP) is 3.92. The number of methoxy groups -OCH3 is 1. The van der Waals surface area contributed by atoms with Gasteiger partial charge in [-0.1, -0.05) is 35.9 Å². The van der Waals surface area contributed by atoms with Gasteiger partial charge in [-0.3, -0.25) is 9.59 Å². The second-order valence-electron chi connectivity index (χ2n) is 6.44. The number of hydrogen-bond donors (Lipinski definition) is 1. The molecule has 1 N–H and O–H groups in total. The van der Waals surface area contributed by atoms with Crippen molar-refractivity contribution in [2.24, 2.45) is 5.41 Å². The number of rotatable bonds is 4. The molecule has 0 aliphatic heterocycles. The highest BCUT2D eigenvalue weighted by molar-refractivity contribution is 6.28. The zero-order chi connectivity index (χ0) is 18.1. The molecule has 0 aromatic heterocycles. The van der Waals surface area contributed by atoms with Crippen LogP contribution in [0.4, 0.5) is 0 Å². The lowest BCUT2D eigenvalue weighted by atomic mass is 9.74. The van der Waals surface area contributed by atoms with Gasteiger partial charge < -0.3 is 9.84 Å². The number of ether oxygens (including phenoxy) is 1. The monoisotopic (exact) mass is 326 g/mol. The fourth-order valence-corrected chi connectivity index (χ4v) is 2.86. The number of aliphatic hydroxyl groups excluding tert-OH is 1. The first-order valence-corrected chi connectivity index (χ1v) is 7.73. The molecule has 1 aromatic rings. The van der Waals surface area contributed by atoms with E-state index < -0.39 is 17.0 Å². The molecule has 0 bridgehead atoms. The predicted molar refractivity (Wildman–Crippen MR) is 93.4 cm³/mol. The fourth-order valence-electron chi connectivity index (χ4n) is 2.86. The summed E-state index contributed by atoms with van der Waals surface area (Å²) in [5.41, 5.74) is 1.20. The van der Waals surface area contributed by atoms with Gasteiger partial charge in [-0.05, 0) is 39.3 Å². The lowest BCUT2D eigenvalue weighted by Gasteiger charge is -2.31. The van der Waals surface area contributed by atoms with E-state index in [1.54, 1.807) is 26.8 Å². The number of carbonyl (C=O) groups excluding carboxylic acids is 2. The minimum absolute atomic E-state index is 0.193. The Labute approximate surface area is 142 Å². The van der Waals surface area contributed by atoms with Crippen LogP contribution in [-0.4, -0.2) is 23.8 Å². The third-order valence-corrected chi connectivity index (χ3v) is 4.25. The third-order valence-electron chi connectivity index (χ3n) is 4.25. The van der Waals surface area contributed by atoms with Gasteiger partial charge in [-0.25, -0.2) is 0 Å². The Morgan fingerprint density at radius 1 is 1.17 bits per heavy atom. The van der Waals surface area contributed by atoms with Crippen LogP contribution < -0.4 is 0 Å². The molecule has 0 unspecified atom stereocenters. The number of Topliss-reactive ketones (excluding diaryl/α,β-unsaturated/α-hetero) is 1. The van der Waals surface area contributed by atoms with Crippen LogP contribution in [0, 0.1) is 12.3 Å². The van der Waals surface area contributed by atoms with E-state index >= 15 is 0 Å². The molecule has 0 atom stereocenters. The van der Waals surface area contributed by atoms with Crippen LogP contribution in [0.1, 0.15) is 31.9 Å². The number of aliphatic hydroxyl groups is 1. The summed E-state index contributed by atoms with van der Waals surface area (Å²) in [6.07, 6.45) is 2.95. The van der Waals surface area contributed by atoms with E-state index in [9.17, 15) is 14.7 Å². The molecule has 4 heteroatoms. The molecule has 24 heavy (non-hydrogen) atoms. The maximum Gasteiger partial charge on any atom is 0.193 e. The van der Waals surface area contributed by atoms with Gasteiger partial charge in [0.05, 0.1) is 12.5 Å². The molecule has 2 rings (SSSR count). The summed E-state index contributed by atoms with van der Waals surface area (Å²) < 4.78 is 5.26. The van der Waals surface area contributed by atoms with Crippen molar-refractivity contribution in [3.8, 4) is 0 Å². The number of ketones is 2. The Balaban J connectivity index is 2.40. The minimum atomic E-state index is -0.992. The Morgan fingerprint density at radius 2 is 1.75 bits per heavy atom. The van der Waals surface area contributed by atoms with Gasteiger partial charge >= 0.3 is 0 Å². The first-order valence-electron chi connectivity index (χ1n) is 7.73. The highest BCUT2D eigenvalue weighted by Crippen LogP contribution is 2.40. The van der Waals surface area contributed by atoms with Crippen molar-refractivity contribution in [1.29, 1.82) is 0 Å². The molecule has 1 aliphatic rings. The zero-order valence-electron chi connectivity index (χ0n) is 14.6. The largest absolute Gasteiger partial charge is 0.507 e. The van der Waals surface area contributed by atoms with Gasteiger partial charge in [0, 0.05) is 5.57 Å². The van der Waals surface area contributed by atoms with E-state index in [4.69, 9.17) is 4.74 Å². The SMILES string of the molecule is COC1=C(C)C(O)=C(C(=O)/C=C/c2ccc(C)cc2)C(=O)C1(C)C. The van der Waals surface area contributed by atoms with Crippen molar-refractivity contribution in [1.82, 2.24) is 0 Å². The van der Waals surface area contributed by atoms with E-state index in [2.05, 4.69) is 0 Å².